The van der Waals surface area contributed by atoms with Crippen LogP contribution in [0.5, 0.6) is 11.5 Å². The van der Waals surface area contributed by atoms with E-state index in [2.05, 4.69) is 6.07 Å². The fourth-order valence-electron chi connectivity index (χ4n) is 3.53. The number of nitrogen functional groups attached to an aromatic ring is 1. The molecule has 1 aliphatic heterocycles. The standard InChI is InChI=1S/C23H23NO3/c1-14(2)27-17-7-8-18-16(9-17)13-26-23-11-20(15(12-25)10-21(18)23)19-5-3-4-6-22(19)24/h3-11,14,25H,12-13,24H2,1-2H3. The maximum atomic E-state index is 9.96. The number of nitrogens with two attached hydrogens (primary N) is 1. The number of fused-ring (bicyclic) bond motifs is 3. The first-order valence-electron chi connectivity index (χ1n) is 9.12. The van der Waals surface area contributed by atoms with Crippen molar-refractivity contribution in [2.75, 3.05) is 5.73 Å². The van der Waals surface area contributed by atoms with Gasteiger partial charge in [-0.1, -0.05) is 24.3 Å². The molecule has 4 nitrogen and oxygen atoms in total. The van der Waals surface area contributed by atoms with E-state index in [1.807, 2.05) is 62.4 Å². The molecule has 138 valence electrons. The van der Waals surface area contributed by atoms with E-state index in [9.17, 15) is 5.11 Å². The lowest BCUT2D eigenvalue weighted by Crippen LogP contribution is -2.09. The van der Waals surface area contributed by atoms with E-state index in [1.54, 1.807) is 0 Å². The van der Waals surface area contributed by atoms with Gasteiger partial charge in [0.25, 0.3) is 0 Å². The summed E-state index contributed by atoms with van der Waals surface area (Å²) in [5, 5.41) is 9.96. The maximum absolute atomic E-state index is 9.96. The van der Waals surface area contributed by atoms with Crippen LogP contribution in [0.15, 0.2) is 54.6 Å². The third-order valence-corrected chi connectivity index (χ3v) is 4.75. The summed E-state index contributed by atoms with van der Waals surface area (Å²) < 4.78 is 11.8. The third kappa shape index (κ3) is 3.24. The van der Waals surface area contributed by atoms with Gasteiger partial charge in [-0.25, -0.2) is 0 Å². The number of ether oxygens (including phenoxy) is 2. The van der Waals surface area contributed by atoms with Gasteiger partial charge in [0.1, 0.15) is 18.1 Å². The molecule has 1 aliphatic rings. The first kappa shape index (κ1) is 17.4. The van der Waals surface area contributed by atoms with E-state index in [1.165, 1.54) is 0 Å². The summed E-state index contributed by atoms with van der Waals surface area (Å²) in [5.41, 5.74) is 12.6. The van der Waals surface area contributed by atoms with Gasteiger partial charge in [-0.2, -0.15) is 0 Å². The summed E-state index contributed by atoms with van der Waals surface area (Å²) in [6, 6.07) is 17.7. The highest BCUT2D eigenvalue weighted by Gasteiger charge is 2.21. The molecule has 0 spiro atoms. The Balaban J connectivity index is 1.82. The van der Waals surface area contributed by atoms with Gasteiger partial charge in [0.2, 0.25) is 0 Å². The average Bonchev–Trinajstić information content (AvgIpc) is 2.66. The first-order chi connectivity index (χ1) is 13.1. The summed E-state index contributed by atoms with van der Waals surface area (Å²) in [4.78, 5) is 0. The van der Waals surface area contributed by atoms with Crippen molar-refractivity contribution in [3.05, 3.63) is 65.7 Å². The number of anilines is 1. The molecule has 4 heteroatoms. The fraction of sp³-hybridized carbons (Fsp3) is 0.217. The molecule has 0 aromatic heterocycles. The smallest absolute Gasteiger partial charge is 0.128 e. The normalized spacial score (nSPS) is 12.3. The second-order valence-electron chi connectivity index (χ2n) is 7.03. The molecule has 0 saturated carbocycles. The topological polar surface area (TPSA) is 64.7 Å². The van der Waals surface area contributed by atoms with E-state index in [0.717, 1.165) is 44.9 Å². The molecule has 0 amide bonds. The first-order valence-corrected chi connectivity index (χ1v) is 9.12. The van der Waals surface area contributed by atoms with Gasteiger partial charge in [0, 0.05) is 22.4 Å². The van der Waals surface area contributed by atoms with Crippen LogP contribution in [0.4, 0.5) is 5.69 Å². The molecule has 0 unspecified atom stereocenters. The van der Waals surface area contributed by atoms with Gasteiger partial charge in [-0.15, -0.1) is 0 Å². The average molecular weight is 361 g/mol. The number of hydrogen-bond acceptors (Lipinski definition) is 4. The number of hydrogen-bond donors (Lipinski definition) is 2. The molecule has 0 fully saturated rings. The van der Waals surface area contributed by atoms with Gasteiger partial charge in [0.15, 0.2) is 0 Å². The van der Waals surface area contributed by atoms with Crippen molar-refractivity contribution in [3.63, 3.8) is 0 Å². The Morgan fingerprint density at radius 2 is 1.81 bits per heavy atom. The number of aliphatic hydroxyl groups excluding tert-OH is 1. The van der Waals surface area contributed by atoms with E-state index < -0.39 is 0 Å². The van der Waals surface area contributed by atoms with Gasteiger partial charge < -0.3 is 20.3 Å². The lowest BCUT2D eigenvalue weighted by Gasteiger charge is -2.24. The van der Waals surface area contributed by atoms with Crippen molar-refractivity contribution < 1.29 is 14.6 Å². The Bertz CT molecular complexity index is 995. The number of aliphatic hydroxyl groups is 1. The molecule has 0 saturated heterocycles. The van der Waals surface area contributed by atoms with Crippen LogP contribution in [-0.2, 0) is 13.2 Å². The van der Waals surface area contributed by atoms with E-state index >= 15 is 0 Å². The highest BCUT2D eigenvalue weighted by atomic mass is 16.5. The Labute approximate surface area is 159 Å². The lowest BCUT2D eigenvalue weighted by atomic mass is 9.90. The van der Waals surface area contributed by atoms with Crippen molar-refractivity contribution in [1.29, 1.82) is 0 Å². The predicted molar refractivity (Wildman–Crippen MR) is 108 cm³/mol. The van der Waals surface area contributed by atoms with E-state index in [4.69, 9.17) is 15.2 Å². The van der Waals surface area contributed by atoms with Gasteiger partial charge >= 0.3 is 0 Å². The molecule has 0 aliphatic carbocycles. The van der Waals surface area contributed by atoms with E-state index in [0.29, 0.717) is 12.3 Å². The number of para-hydroxylation sites is 1. The Morgan fingerprint density at radius 3 is 2.56 bits per heavy atom. The van der Waals surface area contributed by atoms with Crippen LogP contribution in [0.25, 0.3) is 22.3 Å². The lowest BCUT2D eigenvalue weighted by molar-refractivity contribution is 0.241. The summed E-state index contributed by atoms with van der Waals surface area (Å²) in [6.45, 7) is 4.44. The summed E-state index contributed by atoms with van der Waals surface area (Å²) in [7, 11) is 0. The van der Waals surface area contributed by atoms with Crippen LogP contribution in [-0.4, -0.2) is 11.2 Å². The van der Waals surface area contributed by atoms with Gasteiger partial charge in [-0.3, -0.25) is 0 Å². The molecule has 3 N–H and O–H groups in total. The van der Waals surface area contributed by atoms with Crippen LogP contribution in [0, 0.1) is 0 Å². The summed E-state index contributed by atoms with van der Waals surface area (Å²) in [5.74, 6) is 1.64. The molecule has 0 bridgehead atoms. The van der Waals surface area contributed by atoms with Crippen LogP contribution in [0.1, 0.15) is 25.0 Å². The maximum Gasteiger partial charge on any atom is 0.128 e. The molecule has 3 aromatic carbocycles. The molecule has 3 aromatic rings. The molecule has 1 heterocycles. The second-order valence-corrected chi connectivity index (χ2v) is 7.03. The SMILES string of the molecule is CC(C)Oc1ccc2c(c1)COc1cc(-c3ccccc3N)c(CO)cc1-2. The Kier molecular flexibility index (Phi) is 4.50. The zero-order chi connectivity index (χ0) is 19.0. The predicted octanol–water partition coefficient (Wildman–Crippen LogP) is 4.77. The van der Waals surface area contributed by atoms with Crippen LogP contribution in [0.2, 0.25) is 0 Å². The zero-order valence-corrected chi connectivity index (χ0v) is 15.5. The fourth-order valence-corrected chi connectivity index (χ4v) is 3.53. The minimum Gasteiger partial charge on any atom is -0.491 e. The minimum atomic E-state index is -0.0686. The monoisotopic (exact) mass is 361 g/mol. The van der Waals surface area contributed by atoms with E-state index in [-0.39, 0.29) is 12.7 Å². The quantitative estimate of drug-likeness (QED) is 0.657. The highest BCUT2D eigenvalue weighted by molar-refractivity contribution is 5.85. The van der Waals surface area contributed by atoms with Crippen LogP contribution < -0.4 is 15.2 Å². The van der Waals surface area contributed by atoms with Crippen molar-refractivity contribution >= 4 is 5.69 Å². The van der Waals surface area contributed by atoms with Gasteiger partial charge in [-0.05, 0) is 60.9 Å². The Hall–Kier alpha value is -2.98. The van der Waals surface area contributed by atoms with Crippen molar-refractivity contribution in [2.24, 2.45) is 0 Å². The van der Waals surface area contributed by atoms with Crippen molar-refractivity contribution in [1.82, 2.24) is 0 Å². The van der Waals surface area contributed by atoms with Gasteiger partial charge in [0.05, 0.1) is 12.7 Å². The molecule has 4 rings (SSSR count). The van der Waals surface area contributed by atoms with Crippen LogP contribution >= 0.6 is 0 Å². The Morgan fingerprint density at radius 1 is 1.00 bits per heavy atom. The summed E-state index contributed by atoms with van der Waals surface area (Å²) in [6.07, 6.45) is 0.125. The largest absolute Gasteiger partial charge is 0.491 e. The molecule has 27 heavy (non-hydrogen) atoms. The molecular weight excluding hydrogens is 338 g/mol. The number of benzene rings is 3. The van der Waals surface area contributed by atoms with Crippen molar-refractivity contribution in [2.45, 2.75) is 33.2 Å². The highest BCUT2D eigenvalue weighted by Crippen LogP contribution is 2.43. The molecule has 0 radical (unpaired) electrons. The number of rotatable bonds is 4. The molecular formula is C23H23NO3. The molecule has 0 atom stereocenters. The van der Waals surface area contributed by atoms with Crippen molar-refractivity contribution in [3.8, 4) is 33.8 Å². The third-order valence-electron chi connectivity index (χ3n) is 4.75. The zero-order valence-electron chi connectivity index (χ0n) is 15.5. The minimum absolute atomic E-state index is 0.0686. The van der Waals surface area contributed by atoms with Crippen LogP contribution in [0.3, 0.4) is 0 Å². The second kappa shape index (κ2) is 6.97. The summed E-state index contributed by atoms with van der Waals surface area (Å²) >= 11 is 0.